The van der Waals surface area contributed by atoms with Crippen molar-refractivity contribution in [1.29, 1.82) is 0 Å². The van der Waals surface area contributed by atoms with Crippen molar-refractivity contribution in [3.8, 4) is 0 Å². The third-order valence-electron chi connectivity index (χ3n) is 3.52. The highest BCUT2D eigenvalue weighted by molar-refractivity contribution is 8.00. The van der Waals surface area contributed by atoms with Crippen LogP contribution in [0.3, 0.4) is 0 Å². The Morgan fingerprint density at radius 2 is 1.61 bits per heavy atom. The first-order chi connectivity index (χ1) is 13.1. The zero-order valence-corrected chi connectivity index (χ0v) is 17.1. The van der Waals surface area contributed by atoms with Gasteiger partial charge in [0.05, 0.1) is 16.3 Å². The lowest BCUT2D eigenvalue weighted by Crippen LogP contribution is -2.03. The molecule has 11 heteroatoms. The Bertz CT molecular complexity index is 1050. The molecule has 0 spiro atoms. The first kappa shape index (κ1) is 21.0. The minimum atomic E-state index is -4.42. The molecule has 0 aliphatic heterocycles. The Kier molecular flexibility index (Phi) is 6.23. The number of alkyl halides is 3. The summed E-state index contributed by atoms with van der Waals surface area (Å²) in [6, 6.07) is 10.7. The second-order valence-corrected chi connectivity index (χ2v) is 10.3. The van der Waals surface area contributed by atoms with Crippen LogP contribution in [-0.2, 0) is 16.4 Å². The van der Waals surface area contributed by atoms with Crippen molar-refractivity contribution in [3.05, 3.63) is 64.1 Å². The number of benzene rings is 2. The Balaban J connectivity index is 1.71. The van der Waals surface area contributed by atoms with Crippen LogP contribution in [0.1, 0.15) is 4.88 Å². The van der Waals surface area contributed by atoms with Gasteiger partial charge in [0.15, 0.2) is 4.47 Å². The third kappa shape index (κ3) is 5.40. The Morgan fingerprint density at radius 1 is 1.04 bits per heavy atom. The van der Waals surface area contributed by atoms with Gasteiger partial charge in [-0.3, -0.25) is 0 Å². The summed E-state index contributed by atoms with van der Waals surface area (Å²) in [6.07, 6.45) is 1.65. The van der Waals surface area contributed by atoms with E-state index < -0.39 is 15.3 Å². The molecule has 0 atom stereocenters. The molecule has 1 heterocycles. The predicted molar refractivity (Wildman–Crippen MR) is 105 cm³/mol. The SMILES string of the molecule is O=S(=O)(c1ccc(NCc2cnc(Cl)s2)cc1)c1ccc(SC(F)(F)F)cc1. The molecule has 0 saturated heterocycles. The quantitative estimate of drug-likeness (QED) is 0.463. The van der Waals surface area contributed by atoms with E-state index in [0.29, 0.717) is 16.7 Å². The fourth-order valence-electron chi connectivity index (χ4n) is 2.26. The summed E-state index contributed by atoms with van der Waals surface area (Å²) >= 11 is 6.82. The topological polar surface area (TPSA) is 59.1 Å². The van der Waals surface area contributed by atoms with Crippen molar-refractivity contribution in [2.75, 3.05) is 5.32 Å². The van der Waals surface area contributed by atoms with Crippen LogP contribution in [0.5, 0.6) is 0 Å². The van der Waals surface area contributed by atoms with Crippen LogP contribution in [0.4, 0.5) is 18.9 Å². The summed E-state index contributed by atoms with van der Waals surface area (Å²) in [7, 11) is -3.82. The molecule has 4 nitrogen and oxygen atoms in total. The minimum Gasteiger partial charge on any atom is -0.380 e. The highest BCUT2D eigenvalue weighted by Gasteiger charge is 2.29. The van der Waals surface area contributed by atoms with E-state index in [9.17, 15) is 21.6 Å². The van der Waals surface area contributed by atoms with Crippen molar-refractivity contribution in [1.82, 2.24) is 4.98 Å². The van der Waals surface area contributed by atoms with Gasteiger partial charge in [-0.25, -0.2) is 13.4 Å². The maximum absolute atomic E-state index is 12.7. The molecule has 2 aromatic carbocycles. The van der Waals surface area contributed by atoms with Crippen LogP contribution in [0.2, 0.25) is 4.47 Å². The lowest BCUT2D eigenvalue weighted by atomic mass is 10.3. The van der Waals surface area contributed by atoms with Gasteiger partial charge >= 0.3 is 5.51 Å². The van der Waals surface area contributed by atoms with E-state index in [1.54, 1.807) is 18.3 Å². The smallest absolute Gasteiger partial charge is 0.380 e. The molecule has 0 aliphatic carbocycles. The highest BCUT2D eigenvalue weighted by atomic mass is 35.5. The highest BCUT2D eigenvalue weighted by Crippen LogP contribution is 2.37. The van der Waals surface area contributed by atoms with E-state index in [-0.39, 0.29) is 26.4 Å². The number of thioether (sulfide) groups is 1. The number of sulfone groups is 1. The zero-order chi connectivity index (χ0) is 20.4. The molecule has 0 saturated carbocycles. The van der Waals surface area contributed by atoms with Crippen LogP contribution in [0, 0.1) is 0 Å². The standard InChI is InChI=1S/C17H12ClF3N2O2S3/c18-16-23-10-13(26-16)9-22-11-1-5-14(6-2-11)28(24,25)15-7-3-12(4-8-15)27-17(19,20)21/h1-8,10,22H,9H2. The number of nitrogens with one attached hydrogen (secondary N) is 1. The Labute approximate surface area is 172 Å². The number of hydrogen-bond donors (Lipinski definition) is 1. The Morgan fingerprint density at radius 3 is 2.11 bits per heavy atom. The first-order valence-corrected chi connectivity index (χ1v) is 11.2. The van der Waals surface area contributed by atoms with Crippen molar-refractivity contribution < 1.29 is 21.6 Å². The molecular weight excluding hydrogens is 453 g/mol. The van der Waals surface area contributed by atoms with Crippen LogP contribution < -0.4 is 5.32 Å². The molecular formula is C17H12ClF3N2O2S3. The van der Waals surface area contributed by atoms with Gasteiger partial charge in [-0.1, -0.05) is 11.6 Å². The first-order valence-electron chi connectivity index (χ1n) is 7.68. The van der Waals surface area contributed by atoms with Crippen molar-refractivity contribution in [2.45, 2.75) is 26.7 Å². The van der Waals surface area contributed by atoms with Gasteiger partial charge in [-0.15, -0.1) is 11.3 Å². The summed E-state index contributed by atoms with van der Waals surface area (Å²) in [5, 5.41) is 3.13. The molecule has 1 N–H and O–H groups in total. The second-order valence-electron chi connectivity index (χ2n) is 5.48. The third-order valence-corrected chi connectivity index (χ3v) is 7.16. The average molecular weight is 465 g/mol. The van der Waals surface area contributed by atoms with Gasteiger partial charge in [-0.2, -0.15) is 13.2 Å². The van der Waals surface area contributed by atoms with E-state index in [1.165, 1.54) is 35.6 Å². The van der Waals surface area contributed by atoms with Gasteiger partial charge in [0.2, 0.25) is 9.84 Å². The number of hydrogen-bond acceptors (Lipinski definition) is 6. The van der Waals surface area contributed by atoms with Crippen molar-refractivity contribution in [3.63, 3.8) is 0 Å². The number of aromatic nitrogens is 1. The predicted octanol–water partition coefficient (Wildman–Crippen LogP) is 5.85. The van der Waals surface area contributed by atoms with Gasteiger partial charge in [0.25, 0.3) is 0 Å². The molecule has 3 aromatic rings. The summed E-state index contributed by atoms with van der Waals surface area (Å²) in [4.78, 5) is 4.77. The fraction of sp³-hybridized carbons (Fsp3) is 0.118. The molecule has 28 heavy (non-hydrogen) atoms. The molecule has 0 aliphatic rings. The summed E-state index contributed by atoms with van der Waals surface area (Å²) in [5.41, 5.74) is -3.71. The largest absolute Gasteiger partial charge is 0.446 e. The number of nitrogens with zero attached hydrogens (tertiary/aromatic N) is 1. The van der Waals surface area contributed by atoms with Crippen LogP contribution in [-0.4, -0.2) is 18.9 Å². The van der Waals surface area contributed by atoms with E-state index in [1.807, 2.05) is 0 Å². The lowest BCUT2D eigenvalue weighted by Gasteiger charge is -2.09. The van der Waals surface area contributed by atoms with Gasteiger partial charge in [0.1, 0.15) is 0 Å². The van der Waals surface area contributed by atoms with Gasteiger partial charge in [-0.05, 0) is 60.3 Å². The second kappa shape index (κ2) is 8.32. The van der Waals surface area contributed by atoms with E-state index in [4.69, 9.17) is 11.6 Å². The molecule has 0 unspecified atom stereocenters. The maximum Gasteiger partial charge on any atom is 0.446 e. The monoisotopic (exact) mass is 464 g/mol. The summed E-state index contributed by atoms with van der Waals surface area (Å²) < 4.78 is 62.9. The maximum atomic E-state index is 12.7. The normalized spacial score (nSPS) is 12.1. The van der Waals surface area contributed by atoms with E-state index in [0.717, 1.165) is 17.0 Å². The fourth-order valence-corrected chi connectivity index (χ4v) is 4.98. The Hall–Kier alpha value is -1.75. The molecule has 0 radical (unpaired) electrons. The molecule has 1 aromatic heterocycles. The molecule has 148 valence electrons. The summed E-state index contributed by atoms with van der Waals surface area (Å²) in [5.74, 6) is 0. The van der Waals surface area contributed by atoms with Crippen LogP contribution >= 0.6 is 34.7 Å². The number of halogens is 4. The number of anilines is 1. The van der Waals surface area contributed by atoms with Crippen LogP contribution in [0.25, 0.3) is 0 Å². The average Bonchev–Trinajstić information content (AvgIpc) is 3.05. The molecule has 3 rings (SSSR count). The minimum absolute atomic E-state index is 0.0510. The zero-order valence-electron chi connectivity index (χ0n) is 13.9. The molecule has 0 amide bonds. The number of thiazole rings is 1. The molecule has 0 bridgehead atoms. The summed E-state index contributed by atoms with van der Waals surface area (Å²) in [6.45, 7) is 0.495. The van der Waals surface area contributed by atoms with Crippen molar-refractivity contribution >= 4 is 50.2 Å². The van der Waals surface area contributed by atoms with E-state index in [2.05, 4.69) is 10.3 Å². The number of rotatable bonds is 6. The lowest BCUT2D eigenvalue weighted by molar-refractivity contribution is -0.0328. The van der Waals surface area contributed by atoms with Crippen molar-refractivity contribution in [2.24, 2.45) is 0 Å². The van der Waals surface area contributed by atoms with Crippen LogP contribution in [0.15, 0.2) is 69.4 Å². The van der Waals surface area contributed by atoms with Gasteiger partial charge in [0, 0.05) is 21.7 Å². The van der Waals surface area contributed by atoms with E-state index >= 15 is 0 Å². The molecule has 0 fully saturated rings. The van der Waals surface area contributed by atoms with Gasteiger partial charge < -0.3 is 5.32 Å².